The Balaban J connectivity index is 2.35. The molecule has 31 heavy (non-hydrogen) atoms. The quantitative estimate of drug-likeness (QED) is 0.467. The molecule has 0 spiro atoms. The van der Waals surface area contributed by atoms with E-state index in [0.717, 1.165) is 6.07 Å². The molecule has 0 fully saturated rings. The lowest BCUT2D eigenvalue weighted by Crippen LogP contribution is -2.21. The molecule has 0 aliphatic carbocycles. The summed E-state index contributed by atoms with van der Waals surface area (Å²) < 4.78 is 16.3. The van der Waals surface area contributed by atoms with Crippen LogP contribution in [0.4, 0.5) is 4.39 Å². The first kappa shape index (κ1) is 23.1. The molecule has 0 bridgehead atoms. The van der Waals surface area contributed by atoms with Crippen LogP contribution < -0.4 is 0 Å². The number of fused-ring (bicyclic) bond motifs is 1. The van der Waals surface area contributed by atoms with Crippen molar-refractivity contribution in [3.05, 3.63) is 63.0 Å². The van der Waals surface area contributed by atoms with Gasteiger partial charge in [-0.1, -0.05) is 44.0 Å². The number of carboxylic acid groups (broad SMARTS) is 1. The Kier molecular flexibility index (Phi) is 6.09. The van der Waals surface area contributed by atoms with Crippen LogP contribution in [-0.4, -0.2) is 26.7 Å². The van der Waals surface area contributed by atoms with E-state index in [1.165, 1.54) is 28.8 Å². The number of aliphatic carboxylic acids is 1. The van der Waals surface area contributed by atoms with Crippen molar-refractivity contribution in [1.29, 1.82) is 0 Å². The highest BCUT2D eigenvalue weighted by Crippen LogP contribution is 2.41. The monoisotopic (exact) mass is 465 g/mol. The predicted octanol–water partition coefficient (Wildman–Crippen LogP) is 6.39. The molecule has 0 aliphatic rings. The molecule has 3 aromatic rings. The van der Waals surface area contributed by atoms with Crippen molar-refractivity contribution in [2.24, 2.45) is 5.41 Å². The second-order valence-electron chi connectivity index (χ2n) is 8.72. The first-order chi connectivity index (χ1) is 14.3. The Morgan fingerprint density at radius 3 is 2.32 bits per heavy atom. The minimum absolute atomic E-state index is 0.0810. The van der Waals surface area contributed by atoms with Gasteiger partial charge in [0, 0.05) is 16.6 Å². The molecule has 0 radical (unpaired) electrons. The summed E-state index contributed by atoms with van der Waals surface area (Å²) in [6, 6.07) is 6.90. The molecule has 0 aliphatic heterocycles. The van der Waals surface area contributed by atoms with E-state index in [9.17, 15) is 19.8 Å². The van der Waals surface area contributed by atoms with Crippen LogP contribution in [0.25, 0.3) is 10.9 Å². The maximum Gasteiger partial charge on any atom is 0.311 e. The largest absolute Gasteiger partial charge is 0.505 e. The summed E-state index contributed by atoms with van der Waals surface area (Å²) >= 11 is 12.0. The lowest BCUT2D eigenvalue weighted by atomic mass is 9.80. The fourth-order valence-corrected chi connectivity index (χ4v) is 4.15. The lowest BCUT2D eigenvalue weighted by Gasteiger charge is -2.24. The van der Waals surface area contributed by atoms with Gasteiger partial charge in [-0.15, -0.1) is 0 Å². The van der Waals surface area contributed by atoms with Crippen LogP contribution in [0.15, 0.2) is 30.3 Å². The van der Waals surface area contributed by atoms with Crippen molar-refractivity contribution in [3.8, 4) is 5.75 Å². The van der Waals surface area contributed by atoms with Crippen LogP contribution in [0.1, 0.15) is 54.7 Å². The molecule has 164 valence electrons. The van der Waals surface area contributed by atoms with Crippen molar-refractivity contribution in [3.63, 3.8) is 0 Å². The molecule has 0 saturated heterocycles. The summed E-state index contributed by atoms with van der Waals surface area (Å²) in [5.74, 6) is -4.31. The standard InChI is InChI=1S/C23H22Cl2FNO4/c1-11-18(13(22(30)31)10-23(2,3)4)19-16(7-8-17(28)20(19)26)27(11)21(29)12-5-6-14(24)15(25)9-12/h5-9,13,28H,10H2,1-4H3,(H,30,31). The highest BCUT2D eigenvalue weighted by Gasteiger charge is 2.34. The second-order valence-corrected chi connectivity index (χ2v) is 9.53. The molecule has 3 rings (SSSR count). The zero-order chi connectivity index (χ0) is 23.2. The van der Waals surface area contributed by atoms with Crippen LogP contribution >= 0.6 is 23.2 Å². The maximum atomic E-state index is 15.1. The molecule has 1 atom stereocenters. The number of rotatable bonds is 4. The number of phenolic OH excluding ortho intramolecular Hbond substituents is 1. The van der Waals surface area contributed by atoms with Gasteiger partial charge in [-0.3, -0.25) is 14.2 Å². The SMILES string of the molecule is Cc1c(C(CC(C)(C)C)C(=O)O)c2c(F)c(O)ccc2n1C(=O)c1ccc(Cl)c(Cl)c1. The van der Waals surface area contributed by atoms with Crippen LogP contribution in [0.3, 0.4) is 0 Å². The third-order valence-electron chi connectivity index (χ3n) is 5.17. The minimum atomic E-state index is -1.14. The Morgan fingerprint density at radius 1 is 1.13 bits per heavy atom. The van der Waals surface area contributed by atoms with Gasteiger partial charge in [0.2, 0.25) is 0 Å². The molecule has 1 aromatic heterocycles. The average molecular weight is 466 g/mol. The summed E-state index contributed by atoms with van der Waals surface area (Å²) in [7, 11) is 0. The van der Waals surface area contributed by atoms with Gasteiger partial charge in [0.25, 0.3) is 5.91 Å². The Bertz CT molecular complexity index is 1210. The van der Waals surface area contributed by atoms with E-state index in [1.54, 1.807) is 6.92 Å². The second kappa shape index (κ2) is 8.17. The molecule has 2 aromatic carbocycles. The van der Waals surface area contributed by atoms with Gasteiger partial charge < -0.3 is 10.2 Å². The van der Waals surface area contributed by atoms with Crippen molar-refractivity contribution >= 4 is 46.0 Å². The molecule has 0 amide bonds. The number of carboxylic acids is 1. The maximum absolute atomic E-state index is 15.1. The highest BCUT2D eigenvalue weighted by atomic mass is 35.5. The van der Waals surface area contributed by atoms with E-state index < -0.39 is 29.4 Å². The van der Waals surface area contributed by atoms with Crippen molar-refractivity contribution in [2.45, 2.75) is 40.0 Å². The summed E-state index contributed by atoms with van der Waals surface area (Å²) in [6.07, 6.45) is 0.207. The number of halogens is 3. The molecule has 0 saturated carbocycles. The number of nitrogens with zero attached hydrogens (tertiary/aromatic N) is 1. The van der Waals surface area contributed by atoms with Gasteiger partial charge in [0.15, 0.2) is 11.6 Å². The number of carbonyl (C=O) groups is 2. The minimum Gasteiger partial charge on any atom is -0.505 e. The number of aromatic nitrogens is 1. The molecular formula is C23H22Cl2FNO4. The third kappa shape index (κ3) is 4.27. The molecule has 2 N–H and O–H groups in total. The van der Waals surface area contributed by atoms with Crippen LogP contribution in [0.2, 0.25) is 10.0 Å². The molecule has 1 unspecified atom stereocenters. The van der Waals surface area contributed by atoms with Gasteiger partial charge in [-0.2, -0.15) is 0 Å². The van der Waals surface area contributed by atoms with Crippen molar-refractivity contribution in [1.82, 2.24) is 4.57 Å². The molecule has 8 heteroatoms. The molecule has 1 heterocycles. The van der Waals surface area contributed by atoms with E-state index in [1.807, 2.05) is 20.8 Å². The number of hydrogen-bond acceptors (Lipinski definition) is 3. The number of aromatic hydroxyl groups is 1. The first-order valence-electron chi connectivity index (χ1n) is 9.58. The number of carbonyl (C=O) groups excluding carboxylic acids is 1. The van der Waals surface area contributed by atoms with Gasteiger partial charge in [0.1, 0.15) is 0 Å². The van der Waals surface area contributed by atoms with Gasteiger partial charge in [-0.05, 0) is 54.7 Å². The number of phenols is 1. The highest BCUT2D eigenvalue weighted by molar-refractivity contribution is 6.42. The predicted molar refractivity (Wildman–Crippen MR) is 119 cm³/mol. The van der Waals surface area contributed by atoms with Gasteiger partial charge in [0.05, 0.1) is 21.5 Å². The van der Waals surface area contributed by atoms with E-state index in [2.05, 4.69) is 0 Å². The van der Waals surface area contributed by atoms with Crippen LogP contribution in [0.5, 0.6) is 5.75 Å². The van der Waals surface area contributed by atoms with Crippen molar-refractivity contribution in [2.75, 3.05) is 0 Å². The number of hydrogen-bond donors (Lipinski definition) is 2. The van der Waals surface area contributed by atoms with E-state index >= 15 is 4.39 Å². The van der Waals surface area contributed by atoms with E-state index in [4.69, 9.17) is 23.2 Å². The summed E-state index contributed by atoms with van der Waals surface area (Å²) in [4.78, 5) is 25.6. The zero-order valence-electron chi connectivity index (χ0n) is 17.5. The Labute approximate surface area is 189 Å². The van der Waals surface area contributed by atoms with E-state index in [0.29, 0.717) is 0 Å². The smallest absolute Gasteiger partial charge is 0.311 e. The van der Waals surface area contributed by atoms with Crippen LogP contribution in [-0.2, 0) is 4.79 Å². The summed E-state index contributed by atoms with van der Waals surface area (Å²) in [5, 5.41) is 20.3. The molecular weight excluding hydrogens is 444 g/mol. The first-order valence-corrected chi connectivity index (χ1v) is 10.3. The normalized spacial score (nSPS) is 12.9. The average Bonchev–Trinajstić information content (AvgIpc) is 2.96. The van der Waals surface area contributed by atoms with Gasteiger partial charge in [-0.25, -0.2) is 4.39 Å². The van der Waals surface area contributed by atoms with E-state index in [-0.39, 0.29) is 49.6 Å². The fourth-order valence-electron chi connectivity index (χ4n) is 3.85. The van der Waals surface area contributed by atoms with Gasteiger partial charge >= 0.3 is 5.97 Å². The van der Waals surface area contributed by atoms with Crippen LogP contribution in [0, 0.1) is 18.2 Å². The molecule has 5 nitrogen and oxygen atoms in total. The topological polar surface area (TPSA) is 79.5 Å². The summed E-state index contributed by atoms with van der Waals surface area (Å²) in [6.45, 7) is 7.21. The fraction of sp³-hybridized carbons (Fsp3) is 0.304. The third-order valence-corrected chi connectivity index (χ3v) is 5.91. The Morgan fingerprint density at radius 2 is 1.77 bits per heavy atom. The summed E-state index contributed by atoms with van der Waals surface area (Å²) in [5.41, 5.74) is 0.438. The zero-order valence-corrected chi connectivity index (χ0v) is 19.0. The lowest BCUT2D eigenvalue weighted by molar-refractivity contribution is -0.139. The Hall–Kier alpha value is -2.57. The number of benzene rings is 2. The van der Waals surface area contributed by atoms with Crippen molar-refractivity contribution < 1.29 is 24.2 Å².